The average molecular weight is 364 g/mol. The molecule has 23 heavy (non-hydrogen) atoms. The molecule has 2 rings (SSSR count). The minimum Gasteiger partial charge on any atom is -0.491 e. The zero-order valence-corrected chi connectivity index (χ0v) is 15.4. The van der Waals surface area contributed by atoms with E-state index >= 15 is 0 Å². The Morgan fingerprint density at radius 3 is 2.70 bits per heavy atom. The summed E-state index contributed by atoms with van der Waals surface area (Å²) >= 11 is 0. The van der Waals surface area contributed by atoms with E-state index in [-0.39, 0.29) is 30.7 Å². The van der Waals surface area contributed by atoms with Gasteiger partial charge in [0.2, 0.25) is 0 Å². The van der Waals surface area contributed by atoms with Crippen molar-refractivity contribution in [3.63, 3.8) is 0 Å². The molecule has 1 heterocycles. The second-order valence-electron chi connectivity index (χ2n) is 5.54. The lowest BCUT2D eigenvalue weighted by molar-refractivity contribution is 0.0761. The second kappa shape index (κ2) is 11.5. The van der Waals surface area contributed by atoms with Gasteiger partial charge in [0.05, 0.1) is 5.56 Å². The molecule has 1 fully saturated rings. The zero-order chi connectivity index (χ0) is 15.1. The Hall–Kier alpha value is -1.01. The van der Waals surface area contributed by atoms with Gasteiger partial charge in [0.15, 0.2) is 0 Å². The Morgan fingerprint density at radius 1 is 1.22 bits per heavy atom. The quantitative estimate of drug-likeness (QED) is 0.867. The van der Waals surface area contributed by atoms with Gasteiger partial charge in [-0.05, 0) is 39.2 Å². The molecule has 5 nitrogen and oxygen atoms in total. The van der Waals surface area contributed by atoms with E-state index in [0.717, 1.165) is 39.1 Å². The molecular formula is C16H27Cl2N3O2. The van der Waals surface area contributed by atoms with Crippen molar-refractivity contribution in [1.82, 2.24) is 15.1 Å². The van der Waals surface area contributed by atoms with Gasteiger partial charge in [-0.2, -0.15) is 0 Å². The molecule has 7 heteroatoms. The van der Waals surface area contributed by atoms with Gasteiger partial charge < -0.3 is 19.9 Å². The Kier molecular flexibility index (Phi) is 11.0. The first-order valence-electron chi connectivity index (χ1n) is 7.55. The molecule has 1 aliphatic rings. The van der Waals surface area contributed by atoms with Crippen LogP contribution in [0.15, 0.2) is 24.3 Å². The van der Waals surface area contributed by atoms with Crippen LogP contribution >= 0.6 is 24.8 Å². The van der Waals surface area contributed by atoms with Crippen LogP contribution in [-0.4, -0.2) is 69.1 Å². The van der Waals surface area contributed by atoms with Crippen LogP contribution < -0.4 is 10.1 Å². The summed E-state index contributed by atoms with van der Waals surface area (Å²) in [5, 5.41) is 3.31. The normalized spacial score (nSPS) is 14.5. The highest BCUT2D eigenvalue weighted by Gasteiger charge is 2.20. The maximum Gasteiger partial charge on any atom is 0.257 e. The van der Waals surface area contributed by atoms with Gasteiger partial charge in [-0.3, -0.25) is 4.79 Å². The van der Waals surface area contributed by atoms with Gasteiger partial charge in [0.25, 0.3) is 5.91 Å². The van der Waals surface area contributed by atoms with Crippen molar-refractivity contribution in [3.8, 4) is 5.75 Å². The molecule has 0 spiro atoms. The van der Waals surface area contributed by atoms with Crippen molar-refractivity contribution >= 4 is 30.7 Å². The lowest BCUT2D eigenvalue weighted by Gasteiger charge is -2.21. The summed E-state index contributed by atoms with van der Waals surface area (Å²) in [6.07, 6.45) is 0.995. The fraction of sp³-hybridized carbons (Fsp3) is 0.562. The highest BCUT2D eigenvalue weighted by molar-refractivity contribution is 5.97. The third kappa shape index (κ3) is 6.96. The molecule has 0 aliphatic carbocycles. The number of para-hydroxylation sites is 1. The third-order valence-electron chi connectivity index (χ3n) is 3.54. The predicted octanol–water partition coefficient (Wildman–Crippen LogP) is 1.91. The molecule has 1 aromatic carbocycles. The number of nitrogens with zero attached hydrogens (tertiary/aromatic N) is 2. The summed E-state index contributed by atoms with van der Waals surface area (Å²) in [4.78, 5) is 16.6. The maximum atomic E-state index is 12.7. The fourth-order valence-electron chi connectivity index (χ4n) is 2.33. The van der Waals surface area contributed by atoms with Crippen LogP contribution in [0.2, 0.25) is 0 Å². The molecule has 0 atom stereocenters. The van der Waals surface area contributed by atoms with Crippen LogP contribution in [0.25, 0.3) is 0 Å². The molecular weight excluding hydrogens is 337 g/mol. The van der Waals surface area contributed by atoms with Gasteiger partial charge in [-0.15, -0.1) is 24.8 Å². The number of ether oxygens (including phenoxy) is 1. The number of hydrogen-bond acceptors (Lipinski definition) is 4. The minimum absolute atomic E-state index is 0. The minimum atomic E-state index is 0. The van der Waals surface area contributed by atoms with Gasteiger partial charge in [-0.25, -0.2) is 0 Å². The molecule has 0 bridgehead atoms. The smallest absolute Gasteiger partial charge is 0.257 e. The van der Waals surface area contributed by atoms with E-state index in [9.17, 15) is 4.79 Å². The van der Waals surface area contributed by atoms with Crippen LogP contribution in [-0.2, 0) is 0 Å². The van der Waals surface area contributed by atoms with E-state index in [1.807, 2.05) is 43.3 Å². The number of carbonyl (C=O) groups is 1. The van der Waals surface area contributed by atoms with Crippen molar-refractivity contribution in [2.75, 3.05) is 53.4 Å². The number of halogens is 2. The molecule has 1 amide bonds. The van der Waals surface area contributed by atoms with Crippen LogP contribution in [0.1, 0.15) is 16.8 Å². The number of rotatable bonds is 5. The van der Waals surface area contributed by atoms with Crippen molar-refractivity contribution in [2.45, 2.75) is 6.42 Å². The van der Waals surface area contributed by atoms with E-state index in [1.54, 1.807) is 0 Å². The van der Waals surface area contributed by atoms with Gasteiger partial charge in [-0.1, -0.05) is 12.1 Å². The Bertz CT molecular complexity index is 464. The summed E-state index contributed by atoms with van der Waals surface area (Å²) < 4.78 is 5.79. The third-order valence-corrected chi connectivity index (χ3v) is 3.54. The number of likely N-dealkylation sites (N-methyl/N-ethyl adjacent to an activating group) is 1. The summed E-state index contributed by atoms with van der Waals surface area (Å²) in [6.45, 7) is 4.80. The molecule has 0 radical (unpaired) electrons. The summed E-state index contributed by atoms with van der Waals surface area (Å²) in [6, 6.07) is 7.53. The largest absolute Gasteiger partial charge is 0.491 e. The number of benzene rings is 1. The Morgan fingerprint density at radius 2 is 1.96 bits per heavy atom. The summed E-state index contributed by atoms with van der Waals surface area (Å²) in [5.41, 5.74) is 0.665. The van der Waals surface area contributed by atoms with Crippen molar-refractivity contribution in [3.05, 3.63) is 29.8 Å². The maximum absolute atomic E-state index is 12.7. The molecule has 0 unspecified atom stereocenters. The molecule has 1 aliphatic heterocycles. The lowest BCUT2D eigenvalue weighted by Crippen LogP contribution is -2.34. The van der Waals surface area contributed by atoms with E-state index < -0.39 is 0 Å². The van der Waals surface area contributed by atoms with Gasteiger partial charge in [0, 0.05) is 26.2 Å². The second-order valence-corrected chi connectivity index (χ2v) is 5.54. The average Bonchev–Trinajstić information content (AvgIpc) is 2.76. The Labute approximate surface area is 151 Å². The van der Waals surface area contributed by atoms with Crippen LogP contribution in [0.4, 0.5) is 0 Å². The van der Waals surface area contributed by atoms with E-state index in [0.29, 0.717) is 17.9 Å². The standard InChI is InChI=1S/C16H25N3O2.2ClH/c1-18(2)12-13-21-15-7-4-3-6-14(15)16(20)19-10-5-8-17-9-11-19;;/h3-4,6-7,17H,5,8-13H2,1-2H3;2*1H. The first-order valence-corrected chi connectivity index (χ1v) is 7.55. The molecule has 132 valence electrons. The summed E-state index contributed by atoms with van der Waals surface area (Å²) in [7, 11) is 4.01. The number of nitrogens with one attached hydrogen (secondary N) is 1. The zero-order valence-electron chi connectivity index (χ0n) is 13.8. The number of amides is 1. The van der Waals surface area contributed by atoms with Crippen LogP contribution in [0.3, 0.4) is 0 Å². The van der Waals surface area contributed by atoms with Crippen LogP contribution in [0.5, 0.6) is 5.75 Å². The molecule has 1 N–H and O–H groups in total. The predicted molar refractivity (Wildman–Crippen MR) is 98.4 cm³/mol. The number of hydrogen-bond donors (Lipinski definition) is 1. The van der Waals surface area contributed by atoms with Crippen molar-refractivity contribution < 1.29 is 9.53 Å². The topological polar surface area (TPSA) is 44.8 Å². The van der Waals surface area contributed by atoms with Gasteiger partial charge in [0.1, 0.15) is 12.4 Å². The lowest BCUT2D eigenvalue weighted by atomic mass is 10.1. The highest BCUT2D eigenvalue weighted by atomic mass is 35.5. The van der Waals surface area contributed by atoms with E-state index in [2.05, 4.69) is 10.2 Å². The molecule has 0 saturated carbocycles. The van der Waals surface area contributed by atoms with Gasteiger partial charge >= 0.3 is 0 Å². The van der Waals surface area contributed by atoms with Crippen molar-refractivity contribution in [2.24, 2.45) is 0 Å². The molecule has 1 aromatic rings. The molecule has 1 saturated heterocycles. The van der Waals surface area contributed by atoms with Crippen LogP contribution in [0, 0.1) is 0 Å². The first kappa shape index (κ1) is 22.0. The summed E-state index contributed by atoms with van der Waals surface area (Å²) in [5.74, 6) is 0.751. The van der Waals surface area contributed by atoms with E-state index in [4.69, 9.17) is 4.74 Å². The fourth-order valence-corrected chi connectivity index (χ4v) is 2.33. The highest BCUT2D eigenvalue weighted by Crippen LogP contribution is 2.20. The number of carbonyl (C=O) groups excluding carboxylic acids is 1. The monoisotopic (exact) mass is 363 g/mol. The SMILES string of the molecule is CN(C)CCOc1ccccc1C(=O)N1CCCNCC1.Cl.Cl. The van der Waals surface area contributed by atoms with E-state index in [1.165, 1.54) is 0 Å². The van der Waals surface area contributed by atoms with Crippen molar-refractivity contribution in [1.29, 1.82) is 0 Å². The molecule has 0 aromatic heterocycles. The first-order chi connectivity index (χ1) is 10.2. The Balaban J connectivity index is 0.00000242.